The molecule has 1 aromatic heterocycles. The molecule has 1 aromatic rings. The van der Waals surface area contributed by atoms with Crippen LogP contribution in [0.25, 0.3) is 0 Å². The number of hydrogen-bond donors (Lipinski definition) is 2. The molecular formula is C14H20N2O2. The van der Waals surface area contributed by atoms with Crippen molar-refractivity contribution in [3.63, 3.8) is 0 Å². The van der Waals surface area contributed by atoms with Crippen molar-refractivity contribution in [2.75, 3.05) is 6.61 Å². The summed E-state index contributed by atoms with van der Waals surface area (Å²) in [6.45, 7) is 0.154. The molecule has 1 fully saturated rings. The van der Waals surface area contributed by atoms with Crippen LogP contribution < -0.4 is 5.32 Å². The van der Waals surface area contributed by atoms with Crippen molar-refractivity contribution >= 4 is 5.91 Å². The zero-order valence-corrected chi connectivity index (χ0v) is 10.5. The summed E-state index contributed by atoms with van der Waals surface area (Å²) in [4.78, 5) is 16.0. The fraction of sp³-hybridized carbons (Fsp3) is 0.571. The summed E-state index contributed by atoms with van der Waals surface area (Å²) >= 11 is 0. The third-order valence-electron chi connectivity index (χ3n) is 3.65. The molecule has 4 nitrogen and oxygen atoms in total. The van der Waals surface area contributed by atoms with Crippen LogP contribution in [0.15, 0.2) is 24.5 Å². The summed E-state index contributed by atoms with van der Waals surface area (Å²) in [7, 11) is 0. The van der Waals surface area contributed by atoms with E-state index in [-0.39, 0.29) is 24.5 Å². The van der Waals surface area contributed by atoms with Crippen molar-refractivity contribution in [2.24, 2.45) is 5.92 Å². The molecule has 0 aliphatic heterocycles. The van der Waals surface area contributed by atoms with Gasteiger partial charge in [-0.15, -0.1) is 0 Å². The molecule has 0 saturated heterocycles. The van der Waals surface area contributed by atoms with Crippen LogP contribution in [0.2, 0.25) is 0 Å². The average Bonchev–Trinajstić information content (AvgIpc) is 2.64. The molecule has 98 valence electrons. The van der Waals surface area contributed by atoms with Gasteiger partial charge in [0, 0.05) is 36.5 Å². The van der Waals surface area contributed by atoms with Gasteiger partial charge in [-0.25, -0.2) is 0 Å². The molecule has 0 bridgehead atoms. The standard InChI is InChI=1S/C14H20N2O2/c17-10-12-4-2-1-3-5-13(12)16-14(18)11-6-8-15-9-7-11/h6-9,12-13,17H,1-5,10H2,(H,16,18). The van der Waals surface area contributed by atoms with E-state index < -0.39 is 0 Å². The fourth-order valence-corrected chi connectivity index (χ4v) is 2.55. The first-order chi connectivity index (χ1) is 8.81. The van der Waals surface area contributed by atoms with E-state index in [0.29, 0.717) is 5.56 Å². The second kappa shape index (κ2) is 6.50. The fourth-order valence-electron chi connectivity index (χ4n) is 2.55. The predicted octanol–water partition coefficient (Wildman–Crippen LogP) is 1.75. The van der Waals surface area contributed by atoms with Gasteiger partial charge in [-0.3, -0.25) is 9.78 Å². The lowest BCUT2D eigenvalue weighted by atomic mass is 9.95. The van der Waals surface area contributed by atoms with Crippen LogP contribution in [0.1, 0.15) is 42.5 Å². The van der Waals surface area contributed by atoms with E-state index in [1.54, 1.807) is 24.5 Å². The monoisotopic (exact) mass is 248 g/mol. The second-order valence-electron chi connectivity index (χ2n) is 4.90. The van der Waals surface area contributed by atoms with Gasteiger partial charge in [-0.2, -0.15) is 0 Å². The van der Waals surface area contributed by atoms with Gasteiger partial charge in [0.05, 0.1) is 0 Å². The Balaban J connectivity index is 2.00. The van der Waals surface area contributed by atoms with Crippen LogP contribution in [0.4, 0.5) is 0 Å². The quantitative estimate of drug-likeness (QED) is 0.801. The summed E-state index contributed by atoms with van der Waals surface area (Å²) in [6, 6.07) is 3.51. The maximum atomic E-state index is 12.1. The van der Waals surface area contributed by atoms with Crippen molar-refractivity contribution in [2.45, 2.75) is 38.1 Å². The molecule has 0 radical (unpaired) electrons. The smallest absolute Gasteiger partial charge is 0.251 e. The van der Waals surface area contributed by atoms with Crippen molar-refractivity contribution in [3.8, 4) is 0 Å². The number of nitrogens with zero attached hydrogens (tertiary/aromatic N) is 1. The van der Waals surface area contributed by atoms with E-state index >= 15 is 0 Å². The number of amides is 1. The molecule has 0 aromatic carbocycles. The number of carbonyl (C=O) groups is 1. The van der Waals surface area contributed by atoms with E-state index in [0.717, 1.165) is 25.7 Å². The average molecular weight is 248 g/mol. The molecule has 18 heavy (non-hydrogen) atoms. The second-order valence-corrected chi connectivity index (χ2v) is 4.90. The molecular weight excluding hydrogens is 228 g/mol. The summed E-state index contributed by atoms with van der Waals surface area (Å²) in [5.41, 5.74) is 0.630. The number of pyridine rings is 1. The number of rotatable bonds is 3. The van der Waals surface area contributed by atoms with E-state index in [9.17, 15) is 9.90 Å². The molecule has 2 N–H and O–H groups in total. The Kier molecular flexibility index (Phi) is 4.70. The first-order valence-electron chi connectivity index (χ1n) is 6.63. The third kappa shape index (κ3) is 3.29. The number of hydrogen-bond acceptors (Lipinski definition) is 3. The molecule has 1 saturated carbocycles. The van der Waals surface area contributed by atoms with Crippen molar-refractivity contribution < 1.29 is 9.90 Å². The van der Waals surface area contributed by atoms with E-state index in [4.69, 9.17) is 0 Å². The molecule has 4 heteroatoms. The van der Waals surface area contributed by atoms with Gasteiger partial charge in [0.25, 0.3) is 5.91 Å². The van der Waals surface area contributed by atoms with Gasteiger partial charge in [0.1, 0.15) is 0 Å². The minimum Gasteiger partial charge on any atom is -0.396 e. The van der Waals surface area contributed by atoms with Crippen LogP contribution in [0, 0.1) is 5.92 Å². The van der Waals surface area contributed by atoms with Crippen molar-refractivity contribution in [1.29, 1.82) is 0 Å². The Morgan fingerprint density at radius 2 is 2.00 bits per heavy atom. The Morgan fingerprint density at radius 1 is 1.28 bits per heavy atom. The van der Waals surface area contributed by atoms with Crippen LogP contribution in [0.3, 0.4) is 0 Å². The van der Waals surface area contributed by atoms with Crippen molar-refractivity contribution in [3.05, 3.63) is 30.1 Å². The van der Waals surface area contributed by atoms with Gasteiger partial charge in [0.15, 0.2) is 0 Å². The normalized spacial score (nSPS) is 24.3. The lowest BCUT2D eigenvalue weighted by Crippen LogP contribution is -2.41. The van der Waals surface area contributed by atoms with E-state index in [2.05, 4.69) is 10.3 Å². The minimum atomic E-state index is -0.0669. The van der Waals surface area contributed by atoms with Gasteiger partial charge in [-0.1, -0.05) is 19.3 Å². The van der Waals surface area contributed by atoms with Crippen molar-refractivity contribution in [1.82, 2.24) is 10.3 Å². The predicted molar refractivity (Wildman–Crippen MR) is 69.2 cm³/mol. The lowest BCUT2D eigenvalue weighted by molar-refractivity contribution is 0.0899. The van der Waals surface area contributed by atoms with Gasteiger partial charge >= 0.3 is 0 Å². The Labute approximate surface area is 107 Å². The summed E-state index contributed by atoms with van der Waals surface area (Å²) in [6.07, 6.45) is 8.65. The highest BCUT2D eigenvalue weighted by Crippen LogP contribution is 2.23. The Bertz CT molecular complexity index is 381. The lowest BCUT2D eigenvalue weighted by Gasteiger charge is -2.24. The van der Waals surface area contributed by atoms with Gasteiger partial charge in [0.2, 0.25) is 0 Å². The number of aliphatic hydroxyl groups excluding tert-OH is 1. The van der Waals surface area contributed by atoms with Crippen LogP contribution in [-0.2, 0) is 0 Å². The van der Waals surface area contributed by atoms with Gasteiger partial charge < -0.3 is 10.4 Å². The highest BCUT2D eigenvalue weighted by Gasteiger charge is 2.24. The number of nitrogens with one attached hydrogen (secondary N) is 1. The molecule has 2 atom stereocenters. The molecule has 1 amide bonds. The van der Waals surface area contributed by atoms with E-state index in [1.165, 1.54) is 6.42 Å². The molecule has 1 aliphatic rings. The molecule has 2 rings (SSSR count). The zero-order valence-electron chi connectivity index (χ0n) is 10.5. The van der Waals surface area contributed by atoms with Gasteiger partial charge in [-0.05, 0) is 25.0 Å². The van der Waals surface area contributed by atoms with Crippen LogP contribution in [0.5, 0.6) is 0 Å². The number of aliphatic hydroxyl groups is 1. The number of aromatic nitrogens is 1. The zero-order chi connectivity index (χ0) is 12.8. The molecule has 2 unspecified atom stereocenters. The maximum absolute atomic E-state index is 12.1. The highest BCUT2D eigenvalue weighted by molar-refractivity contribution is 5.94. The summed E-state index contributed by atoms with van der Waals surface area (Å²) < 4.78 is 0. The van der Waals surface area contributed by atoms with Crippen LogP contribution >= 0.6 is 0 Å². The third-order valence-corrected chi connectivity index (χ3v) is 3.65. The minimum absolute atomic E-state index is 0.0669. The Morgan fingerprint density at radius 3 is 2.72 bits per heavy atom. The molecule has 0 spiro atoms. The first kappa shape index (κ1) is 13.0. The molecule has 1 heterocycles. The van der Waals surface area contributed by atoms with Crippen LogP contribution in [-0.4, -0.2) is 28.6 Å². The topological polar surface area (TPSA) is 62.2 Å². The highest BCUT2D eigenvalue weighted by atomic mass is 16.3. The number of carbonyl (C=O) groups excluding carboxylic acids is 1. The maximum Gasteiger partial charge on any atom is 0.251 e. The summed E-state index contributed by atoms with van der Waals surface area (Å²) in [5.74, 6) is 0.126. The summed E-state index contributed by atoms with van der Waals surface area (Å²) in [5, 5.41) is 12.5. The SMILES string of the molecule is O=C(NC1CCCCCC1CO)c1ccncc1. The van der Waals surface area contributed by atoms with E-state index in [1.807, 2.05) is 0 Å². The largest absolute Gasteiger partial charge is 0.396 e. The first-order valence-corrected chi connectivity index (χ1v) is 6.63. The molecule has 1 aliphatic carbocycles. The Hall–Kier alpha value is -1.42.